The van der Waals surface area contributed by atoms with Crippen molar-refractivity contribution in [2.24, 2.45) is 0 Å². The van der Waals surface area contributed by atoms with Crippen molar-refractivity contribution >= 4 is 11.9 Å². The van der Waals surface area contributed by atoms with Gasteiger partial charge in [-0.05, 0) is 89.9 Å². The fourth-order valence-corrected chi connectivity index (χ4v) is 5.98. The van der Waals surface area contributed by atoms with Gasteiger partial charge in [0.05, 0.1) is 13.2 Å². The molecule has 1 heterocycles. The lowest BCUT2D eigenvalue weighted by Crippen LogP contribution is -2.59. The van der Waals surface area contributed by atoms with Crippen LogP contribution in [0.2, 0.25) is 0 Å². The molecule has 1 rings (SSSR count). The van der Waals surface area contributed by atoms with Crippen LogP contribution in [0.4, 0.5) is 0 Å². The molecule has 0 aromatic carbocycles. The number of hydrogen-bond acceptors (Lipinski definition) is 10. The molecule has 1 fully saturated rings. The molecule has 0 saturated carbocycles. The van der Waals surface area contributed by atoms with Gasteiger partial charge in [0.2, 0.25) is 0 Å². The highest BCUT2D eigenvalue weighted by Gasteiger charge is 2.44. The fourth-order valence-electron chi connectivity index (χ4n) is 5.98. The first-order valence-electron chi connectivity index (χ1n) is 23.0. The van der Waals surface area contributed by atoms with Crippen molar-refractivity contribution in [2.45, 2.75) is 179 Å². The summed E-state index contributed by atoms with van der Waals surface area (Å²) in [6.45, 7) is 3.19. The maximum atomic E-state index is 12.8. The van der Waals surface area contributed by atoms with Crippen molar-refractivity contribution in [3.8, 4) is 0 Å². The Hall–Kier alpha value is -3.64. The van der Waals surface area contributed by atoms with Crippen LogP contribution in [0.3, 0.4) is 0 Å². The number of carbonyl (C=O) groups is 2. The zero-order chi connectivity index (χ0) is 44.4. The van der Waals surface area contributed by atoms with Gasteiger partial charge in [0.25, 0.3) is 0 Å². The molecule has 1 saturated heterocycles. The van der Waals surface area contributed by atoms with Gasteiger partial charge in [-0.25, -0.2) is 0 Å². The van der Waals surface area contributed by atoms with Gasteiger partial charge >= 0.3 is 11.9 Å². The van der Waals surface area contributed by atoms with Gasteiger partial charge in [0.15, 0.2) is 12.4 Å². The van der Waals surface area contributed by atoms with E-state index in [1.807, 2.05) is 12.2 Å². The Morgan fingerprint density at radius 1 is 0.508 bits per heavy atom. The predicted octanol–water partition coefficient (Wildman–Crippen LogP) is 10.1. The zero-order valence-corrected chi connectivity index (χ0v) is 37.4. The van der Waals surface area contributed by atoms with Crippen LogP contribution in [0.25, 0.3) is 0 Å². The van der Waals surface area contributed by atoms with Crippen molar-refractivity contribution in [1.29, 1.82) is 0 Å². The van der Waals surface area contributed by atoms with Crippen LogP contribution < -0.4 is 0 Å². The van der Waals surface area contributed by atoms with Crippen molar-refractivity contribution in [3.05, 3.63) is 109 Å². The molecule has 0 spiro atoms. The standard InChI is InChI=1S/C51H80O10/c1-3-5-7-9-11-13-15-17-19-21-22-24-25-27-29-31-33-35-37-39-46(53)58-42-44(43-59-51-50(57)49(56)48(55)45(41-52)61-51)60-47(54)40-38-36-34-32-30-28-26-23-20-18-16-14-12-10-8-6-4-2/h8,10-11,13-14,16-17,19-20,22-24,27-30,33,35,44-45,48-52,55-57H,3-7,9,12,15,18,21,25-26,31-32,34,36-43H2,1-2H3/b10-8+,13-11+,16-14+,19-17+,23-20+,24-22+,29-27+,30-28+,35-33+/t44-,45-,48+,49?,50?,51-/m0/s1. The third kappa shape index (κ3) is 31.8. The Labute approximate surface area is 368 Å². The molecule has 10 heteroatoms. The monoisotopic (exact) mass is 853 g/mol. The molecule has 0 aromatic heterocycles. The van der Waals surface area contributed by atoms with E-state index in [4.69, 9.17) is 18.9 Å². The molecular weight excluding hydrogens is 773 g/mol. The third-order valence-electron chi connectivity index (χ3n) is 9.62. The molecule has 344 valence electrons. The van der Waals surface area contributed by atoms with Crippen molar-refractivity contribution in [3.63, 3.8) is 0 Å². The van der Waals surface area contributed by atoms with Crippen LogP contribution in [-0.4, -0.2) is 89.0 Å². The summed E-state index contributed by atoms with van der Waals surface area (Å²) in [6, 6.07) is 0. The van der Waals surface area contributed by atoms with E-state index in [1.165, 1.54) is 32.1 Å². The molecule has 0 aliphatic carbocycles. The van der Waals surface area contributed by atoms with E-state index in [-0.39, 0.29) is 26.1 Å². The number of ether oxygens (including phenoxy) is 4. The van der Waals surface area contributed by atoms with Crippen LogP contribution in [-0.2, 0) is 28.5 Å². The average Bonchev–Trinajstić information content (AvgIpc) is 3.26. The number of unbranched alkanes of at least 4 members (excludes halogenated alkanes) is 7. The lowest BCUT2D eigenvalue weighted by Gasteiger charge is -2.39. The molecule has 4 N–H and O–H groups in total. The van der Waals surface area contributed by atoms with Crippen LogP contribution in [0.1, 0.15) is 142 Å². The molecule has 2 unspecified atom stereocenters. The zero-order valence-electron chi connectivity index (χ0n) is 37.4. The SMILES string of the molecule is CCC/C=C/C/C=C/C/C=C/C/C=C/CCCCCC(=O)O[C@@H](COC(=O)CC/C=C/C/C=C/C/C=C/C/C=C/C/C=C/CCCCC)CO[C@H]1O[C@@H](CO)[C@@H](O)C(O)C1O. The summed E-state index contributed by atoms with van der Waals surface area (Å²) in [5.74, 6) is -0.951. The topological polar surface area (TPSA) is 152 Å². The smallest absolute Gasteiger partial charge is 0.306 e. The lowest BCUT2D eigenvalue weighted by atomic mass is 9.99. The highest BCUT2D eigenvalue weighted by Crippen LogP contribution is 2.22. The Morgan fingerprint density at radius 3 is 1.48 bits per heavy atom. The van der Waals surface area contributed by atoms with E-state index >= 15 is 0 Å². The number of aliphatic hydroxyl groups is 4. The molecule has 1 aliphatic heterocycles. The Balaban J connectivity index is 2.42. The number of esters is 2. The van der Waals surface area contributed by atoms with Gasteiger partial charge in [-0.1, -0.05) is 149 Å². The van der Waals surface area contributed by atoms with E-state index in [1.54, 1.807) is 0 Å². The summed E-state index contributed by atoms with van der Waals surface area (Å²) < 4.78 is 22.0. The largest absolute Gasteiger partial charge is 0.462 e. The van der Waals surface area contributed by atoms with Gasteiger partial charge in [-0.2, -0.15) is 0 Å². The summed E-state index contributed by atoms with van der Waals surface area (Å²) in [5, 5.41) is 40.1. The summed E-state index contributed by atoms with van der Waals surface area (Å²) in [6.07, 6.45) is 48.1. The fraction of sp³-hybridized carbons (Fsp3) is 0.608. The molecular formula is C51H80O10. The summed E-state index contributed by atoms with van der Waals surface area (Å²) in [5.41, 5.74) is 0. The van der Waals surface area contributed by atoms with Gasteiger partial charge in [-0.3, -0.25) is 9.59 Å². The van der Waals surface area contributed by atoms with Gasteiger partial charge in [-0.15, -0.1) is 0 Å². The minimum absolute atomic E-state index is 0.138. The van der Waals surface area contributed by atoms with Crippen LogP contribution >= 0.6 is 0 Å². The van der Waals surface area contributed by atoms with Crippen molar-refractivity contribution in [2.75, 3.05) is 19.8 Å². The average molecular weight is 853 g/mol. The second-order valence-electron chi connectivity index (χ2n) is 15.1. The molecule has 10 nitrogen and oxygen atoms in total. The van der Waals surface area contributed by atoms with Gasteiger partial charge in [0, 0.05) is 12.8 Å². The van der Waals surface area contributed by atoms with E-state index in [0.29, 0.717) is 12.8 Å². The first-order valence-corrected chi connectivity index (χ1v) is 23.0. The maximum absolute atomic E-state index is 12.8. The molecule has 0 aromatic rings. The molecule has 1 aliphatic rings. The highest BCUT2D eigenvalue weighted by molar-refractivity contribution is 5.70. The second kappa shape index (κ2) is 40.4. The van der Waals surface area contributed by atoms with Crippen LogP contribution in [0.15, 0.2) is 109 Å². The summed E-state index contributed by atoms with van der Waals surface area (Å²) >= 11 is 0. The molecule has 61 heavy (non-hydrogen) atoms. The number of hydrogen-bond donors (Lipinski definition) is 4. The van der Waals surface area contributed by atoms with Crippen molar-refractivity contribution < 1.29 is 49.0 Å². The van der Waals surface area contributed by atoms with E-state index < -0.39 is 55.4 Å². The predicted molar refractivity (Wildman–Crippen MR) is 247 cm³/mol. The maximum Gasteiger partial charge on any atom is 0.306 e. The summed E-state index contributed by atoms with van der Waals surface area (Å²) in [4.78, 5) is 25.3. The first-order chi connectivity index (χ1) is 29.8. The van der Waals surface area contributed by atoms with E-state index in [9.17, 15) is 30.0 Å². The quantitative estimate of drug-likeness (QED) is 0.0272. The van der Waals surface area contributed by atoms with Crippen LogP contribution in [0.5, 0.6) is 0 Å². The van der Waals surface area contributed by atoms with E-state index in [2.05, 4.69) is 111 Å². The molecule has 0 amide bonds. The van der Waals surface area contributed by atoms with Crippen molar-refractivity contribution in [1.82, 2.24) is 0 Å². The molecule has 6 atom stereocenters. The number of allylic oxidation sites excluding steroid dienone is 18. The normalized spacial score (nSPS) is 20.8. The first kappa shape index (κ1) is 55.4. The molecule has 0 bridgehead atoms. The van der Waals surface area contributed by atoms with Crippen LogP contribution in [0, 0.1) is 0 Å². The lowest BCUT2D eigenvalue weighted by molar-refractivity contribution is -0.305. The third-order valence-corrected chi connectivity index (χ3v) is 9.62. The highest BCUT2D eigenvalue weighted by atomic mass is 16.7. The number of aliphatic hydroxyl groups excluding tert-OH is 4. The summed E-state index contributed by atoms with van der Waals surface area (Å²) in [7, 11) is 0. The van der Waals surface area contributed by atoms with Gasteiger partial charge in [0.1, 0.15) is 31.0 Å². The Morgan fingerprint density at radius 2 is 0.984 bits per heavy atom. The Bertz CT molecular complexity index is 1350. The second-order valence-corrected chi connectivity index (χ2v) is 15.1. The number of carbonyl (C=O) groups excluding carboxylic acids is 2. The Kier molecular flexibility index (Phi) is 36.7. The van der Waals surface area contributed by atoms with E-state index in [0.717, 1.165) is 70.6 Å². The molecule has 0 radical (unpaired) electrons. The van der Waals surface area contributed by atoms with Gasteiger partial charge < -0.3 is 39.4 Å². The minimum Gasteiger partial charge on any atom is -0.462 e. The minimum atomic E-state index is -1.62. The number of rotatable bonds is 36.